The summed E-state index contributed by atoms with van der Waals surface area (Å²) in [5.41, 5.74) is -2.61. The fraction of sp³-hybridized carbons (Fsp3) is 1.00. The first-order valence-electron chi connectivity index (χ1n) is 7.31. The zero-order valence-corrected chi connectivity index (χ0v) is 14.6. The second kappa shape index (κ2) is 7.74. The third-order valence-electron chi connectivity index (χ3n) is 2.70. The van der Waals surface area contributed by atoms with Gasteiger partial charge in [-0.3, -0.25) is 0 Å². The Labute approximate surface area is 124 Å². The molecule has 0 saturated carbocycles. The molecule has 0 saturated heterocycles. The number of hydrogen-bond acceptors (Lipinski definition) is 4. The van der Waals surface area contributed by atoms with E-state index in [1.165, 1.54) is 0 Å². The van der Waals surface area contributed by atoms with Crippen molar-refractivity contribution in [2.45, 2.75) is 103 Å². The van der Waals surface area contributed by atoms with Crippen LogP contribution in [0.25, 0.3) is 0 Å². The first-order valence-corrected chi connectivity index (χ1v) is 7.31. The molecule has 0 rings (SSSR count). The fourth-order valence-corrected chi connectivity index (χ4v) is 1.22. The van der Waals surface area contributed by atoms with Crippen LogP contribution in [0, 0.1) is 0 Å². The normalized spacial score (nSPS) is 13.8. The summed E-state index contributed by atoms with van der Waals surface area (Å²) in [5.74, 6) is 0. The summed E-state index contributed by atoms with van der Waals surface area (Å²) < 4.78 is 0. The molecule has 0 heterocycles. The van der Waals surface area contributed by atoms with Gasteiger partial charge in [0.1, 0.15) is 0 Å². The molecule has 0 radical (unpaired) electrons. The van der Waals surface area contributed by atoms with Gasteiger partial charge in [0.25, 0.3) is 0 Å². The summed E-state index contributed by atoms with van der Waals surface area (Å²) in [7, 11) is 0. The van der Waals surface area contributed by atoms with Crippen molar-refractivity contribution >= 4 is 0 Å². The van der Waals surface area contributed by atoms with Crippen molar-refractivity contribution in [3.05, 3.63) is 0 Å². The molecule has 0 fully saturated rings. The van der Waals surface area contributed by atoms with Crippen LogP contribution in [-0.4, -0.2) is 42.8 Å². The zero-order valence-electron chi connectivity index (χ0n) is 14.6. The Morgan fingerprint density at radius 2 is 0.500 bits per heavy atom. The maximum atomic E-state index is 9.27. The van der Waals surface area contributed by atoms with Crippen molar-refractivity contribution in [2.75, 3.05) is 0 Å². The Balaban J connectivity index is 0. The first-order chi connectivity index (χ1) is 8.41. The van der Waals surface area contributed by atoms with Gasteiger partial charge in [0.2, 0.25) is 0 Å². The van der Waals surface area contributed by atoms with Gasteiger partial charge in [-0.2, -0.15) is 0 Å². The van der Waals surface area contributed by atoms with Crippen LogP contribution in [0.1, 0.15) is 81.1 Å². The standard InChI is InChI=1S/2C8H18O2/c2*1-7(2,9)5-6-8(3,4)10/h2*9-10H,5-6H2,1-4H3. The van der Waals surface area contributed by atoms with E-state index in [4.69, 9.17) is 0 Å². The lowest BCUT2D eigenvalue weighted by Gasteiger charge is -2.23. The molecule has 0 aromatic rings. The Morgan fingerprint density at radius 1 is 0.400 bits per heavy atom. The van der Waals surface area contributed by atoms with E-state index >= 15 is 0 Å². The van der Waals surface area contributed by atoms with Gasteiger partial charge in [0.05, 0.1) is 22.4 Å². The minimum atomic E-state index is -0.653. The predicted octanol–water partition coefficient (Wildman–Crippen LogP) is 2.62. The van der Waals surface area contributed by atoms with E-state index in [0.717, 1.165) is 0 Å². The quantitative estimate of drug-likeness (QED) is 0.606. The SMILES string of the molecule is CC(C)(O)CCC(C)(C)O.CC(C)(O)CCC(C)(C)O. The number of rotatable bonds is 6. The van der Waals surface area contributed by atoms with Gasteiger partial charge in [-0.15, -0.1) is 0 Å². The lowest BCUT2D eigenvalue weighted by Crippen LogP contribution is -2.26. The molecule has 124 valence electrons. The van der Waals surface area contributed by atoms with Crippen LogP contribution >= 0.6 is 0 Å². The van der Waals surface area contributed by atoms with Crippen LogP contribution in [0.4, 0.5) is 0 Å². The molecule has 4 heteroatoms. The lowest BCUT2D eigenvalue weighted by molar-refractivity contribution is 0.0169. The van der Waals surface area contributed by atoms with Gasteiger partial charge in [0, 0.05) is 0 Å². The van der Waals surface area contributed by atoms with Gasteiger partial charge in [-0.1, -0.05) is 0 Å². The van der Waals surface area contributed by atoms with Gasteiger partial charge >= 0.3 is 0 Å². The van der Waals surface area contributed by atoms with Crippen LogP contribution < -0.4 is 0 Å². The van der Waals surface area contributed by atoms with Crippen molar-refractivity contribution in [3.8, 4) is 0 Å². The molecule has 4 nitrogen and oxygen atoms in total. The molecule has 0 aliphatic carbocycles. The molecule has 0 unspecified atom stereocenters. The van der Waals surface area contributed by atoms with Crippen molar-refractivity contribution in [1.29, 1.82) is 0 Å². The van der Waals surface area contributed by atoms with Crippen molar-refractivity contribution in [3.63, 3.8) is 0 Å². The molecule has 0 aromatic heterocycles. The largest absolute Gasteiger partial charge is 0.390 e. The second-order valence-corrected chi connectivity index (χ2v) is 8.25. The second-order valence-electron chi connectivity index (χ2n) is 8.25. The van der Waals surface area contributed by atoms with Crippen LogP contribution in [0.3, 0.4) is 0 Å². The van der Waals surface area contributed by atoms with Crippen LogP contribution in [0.15, 0.2) is 0 Å². The van der Waals surface area contributed by atoms with Gasteiger partial charge in [0.15, 0.2) is 0 Å². The van der Waals surface area contributed by atoms with Crippen LogP contribution in [0.5, 0.6) is 0 Å². The lowest BCUT2D eigenvalue weighted by atomic mass is 9.94. The smallest absolute Gasteiger partial charge is 0.0592 e. The molecule has 0 aliphatic heterocycles. The molecule has 20 heavy (non-hydrogen) atoms. The summed E-state index contributed by atoms with van der Waals surface area (Å²) in [4.78, 5) is 0. The minimum Gasteiger partial charge on any atom is -0.390 e. The van der Waals surface area contributed by atoms with E-state index in [-0.39, 0.29) is 0 Å². The number of hydrogen-bond donors (Lipinski definition) is 4. The highest BCUT2D eigenvalue weighted by Crippen LogP contribution is 2.18. The monoisotopic (exact) mass is 292 g/mol. The molecule has 0 aromatic carbocycles. The van der Waals surface area contributed by atoms with Crippen molar-refractivity contribution < 1.29 is 20.4 Å². The third kappa shape index (κ3) is 26.4. The maximum Gasteiger partial charge on any atom is 0.0592 e. The average Bonchev–Trinajstić information content (AvgIpc) is 2.09. The average molecular weight is 292 g/mol. The van der Waals surface area contributed by atoms with Gasteiger partial charge < -0.3 is 20.4 Å². The summed E-state index contributed by atoms with van der Waals surface area (Å²) in [5, 5.41) is 37.1. The van der Waals surface area contributed by atoms with E-state index in [1.807, 2.05) is 0 Å². The Morgan fingerprint density at radius 3 is 0.550 bits per heavy atom. The Bertz CT molecular complexity index is 190. The molecule has 0 amide bonds. The van der Waals surface area contributed by atoms with E-state index in [9.17, 15) is 20.4 Å². The van der Waals surface area contributed by atoms with E-state index in [0.29, 0.717) is 25.7 Å². The van der Waals surface area contributed by atoms with Crippen LogP contribution in [0.2, 0.25) is 0 Å². The summed E-state index contributed by atoms with van der Waals surface area (Å²) >= 11 is 0. The van der Waals surface area contributed by atoms with Crippen molar-refractivity contribution in [2.24, 2.45) is 0 Å². The first kappa shape index (κ1) is 22.1. The highest BCUT2D eigenvalue weighted by molar-refractivity contribution is 4.73. The molecule has 0 aliphatic rings. The predicted molar refractivity (Wildman–Crippen MR) is 83.7 cm³/mol. The molecule has 0 spiro atoms. The molecular formula is C16H36O4. The summed E-state index contributed by atoms with van der Waals surface area (Å²) in [6.45, 7) is 14.0. The minimum absolute atomic E-state index is 0.635. The van der Waals surface area contributed by atoms with Crippen LogP contribution in [-0.2, 0) is 0 Å². The van der Waals surface area contributed by atoms with E-state index < -0.39 is 22.4 Å². The topological polar surface area (TPSA) is 80.9 Å². The highest BCUT2D eigenvalue weighted by Gasteiger charge is 2.20. The summed E-state index contributed by atoms with van der Waals surface area (Å²) in [6, 6.07) is 0. The highest BCUT2D eigenvalue weighted by atomic mass is 16.3. The van der Waals surface area contributed by atoms with Crippen molar-refractivity contribution in [1.82, 2.24) is 0 Å². The van der Waals surface area contributed by atoms with E-state index in [2.05, 4.69) is 0 Å². The van der Waals surface area contributed by atoms with E-state index in [1.54, 1.807) is 55.4 Å². The summed E-state index contributed by atoms with van der Waals surface area (Å²) in [6.07, 6.45) is 2.54. The third-order valence-corrected chi connectivity index (χ3v) is 2.70. The fourth-order valence-electron chi connectivity index (χ4n) is 1.22. The number of aliphatic hydroxyl groups is 4. The maximum absolute atomic E-state index is 9.27. The molecule has 4 N–H and O–H groups in total. The molecule has 0 atom stereocenters. The van der Waals surface area contributed by atoms with Gasteiger partial charge in [-0.25, -0.2) is 0 Å². The zero-order chi connectivity index (χ0) is 16.8. The Hall–Kier alpha value is -0.160. The Kier molecular flexibility index (Phi) is 8.56. The molecule has 0 bridgehead atoms. The molecular weight excluding hydrogens is 256 g/mol. The van der Waals surface area contributed by atoms with Gasteiger partial charge in [-0.05, 0) is 81.1 Å².